The number of fused-ring (bicyclic) bond motifs is 1. The number of methoxy groups -OCH3 is 2. The summed E-state index contributed by atoms with van der Waals surface area (Å²) in [6.07, 6.45) is 5.29. The third-order valence-electron chi connectivity index (χ3n) is 6.16. The Kier molecular flexibility index (Phi) is 6.91. The van der Waals surface area contributed by atoms with Crippen LogP contribution in [-0.4, -0.2) is 48.2 Å². The lowest BCUT2D eigenvalue weighted by Crippen LogP contribution is -2.40. The van der Waals surface area contributed by atoms with Crippen molar-refractivity contribution in [1.29, 1.82) is 0 Å². The van der Waals surface area contributed by atoms with Gasteiger partial charge in [-0.3, -0.25) is 4.79 Å². The summed E-state index contributed by atoms with van der Waals surface area (Å²) in [5.41, 5.74) is 5.12. The second kappa shape index (κ2) is 10.0. The third-order valence-corrected chi connectivity index (χ3v) is 6.16. The van der Waals surface area contributed by atoms with Gasteiger partial charge in [-0.25, -0.2) is 15.0 Å². The molecule has 1 aromatic carbocycles. The Morgan fingerprint density at radius 1 is 1.12 bits per heavy atom. The number of benzene rings is 1. The highest BCUT2D eigenvalue weighted by atomic mass is 16.5. The molecule has 1 aliphatic heterocycles. The summed E-state index contributed by atoms with van der Waals surface area (Å²) in [7, 11) is 3.18. The first-order valence-electron chi connectivity index (χ1n) is 11.5. The maximum atomic E-state index is 13.1. The number of aromatic nitrogens is 3. The van der Waals surface area contributed by atoms with Gasteiger partial charge in [0.1, 0.15) is 17.0 Å². The molecule has 0 bridgehead atoms. The van der Waals surface area contributed by atoms with Gasteiger partial charge in [0.2, 0.25) is 5.91 Å². The molecular weight excluding hydrogens is 418 g/mol. The molecule has 3 aromatic rings. The number of carbonyl (C=O) groups is 1. The van der Waals surface area contributed by atoms with Crippen LogP contribution in [0.1, 0.15) is 38.1 Å². The predicted molar refractivity (Wildman–Crippen MR) is 129 cm³/mol. The second-order valence-corrected chi connectivity index (χ2v) is 8.20. The lowest BCUT2D eigenvalue weighted by atomic mass is 9.96. The quantitative estimate of drug-likeness (QED) is 0.583. The number of nitrogens with one attached hydrogen (secondary N) is 1. The van der Waals surface area contributed by atoms with Gasteiger partial charge in [0.25, 0.3) is 0 Å². The maximum Gasteiger partial charge on any atom is 0.229 e. The van der Waals surface area contributed by atoms with Crippen molar-refractivity contribution in [1.82, 2.24) is 15.0 Å². The van der Waals surface area contributed by atoms with Crippen LogP contribution in [0.2, 0.25) is 0 Å². The van der Waals surface area contributed by atoms with Crippen LogP contribution in [0, 0.1) is 5.92 Å². The molecule has 1 aliphatic rings. The molecule has 33 heavy (non-hydrogen) atoms. The van der Waals surface area contributed by atoms with Crippen LogP contribution in [0.15, 0.2) is 30.5 Å². The molecular formula is C25H31N5O3. The minimum Gasteiger partial charge on any atom is -0.497 e. The smallest absolute Gasteiger partial charge is 0.229 e. The molecule has 4 rings (SSSR count). The Morgan fingerprint density at radius 3 is 2.64 bits per heavy atom. The van der Waals surface area contributed by atoms with Crippen LogP contribution in [0.25, 0.3) is 11.2 Å². The molecule has 0 saturated carbocycles. The zero-order valence-electron chi connectivity index (χ0n) is 19.7. The fourth-order valence-corrected chi connectivity index (χ4v) is 4.31. The average molecular weight is 450 g/mol. The first-order valence-corrected chi connectivity index (χ1v) is 11.5. The van der Waals surface area contributed by atoms with Crippen molar-refractivity contribution in [2.24, 2.45) is 5.92 Å². The zero-order valence-corrected chi connectivity index (χ0v) is 19.7. The van der Waals surface area contributed by atoms with E-state index >= 15 is 0 Å². The predicted octanol–water partition coefficient (Wildman–Crippen LogP) is 4.02. The van der Waals surface area contributed by atoms with E-state index in [0.717, 1.165) is 54.8 Å². The molecule has 0 radical (unpaired) electrons. The van der Waals surface area contributed by atoms with Gasteiger partial charge in [0.05, 0.1) is 49.1 Å². The fourth-order valence-electron chi connectivity index (χ4n) is 4.31. The monoisotopic (exact) mass is 449 g/mol. The van der Waals surface area contributed by atoms with Gasteiger partial charge in [-0.2, -0.15) is 0 Å². The second-order valence-electron chi connectivity index (χ2n) is 8.20. The van der Waals surface area contributed by atoms with E-state index in [1.54, 1.807) is 26.4 Å². The number of pyridine rings is 1. The van der Waals surface area contributed by atoms with Crippen molar-refractivity contribution in [3.8, 4) is 11.5 Å². The van der Waals surface area contributed by atoms with Gasteiger partial charge >= 0.3 is 0 Å². The largest absolute Gasteiger partial charge is 0.497 e. The Balaban J connectivity index is 1.51. The Morgan fingerprint density at radius 2 is 1.91 bits per heavy atom. The summed E-state index contributed by atoms with van der Waals surface area (Å²) in [4.78, 5) is 29.4. The van der Waals surface area contributed by atoms with Crippen LogP contribution in [0.4, 0.5) is 11.4 Å². The lowest BCUT2D eigenvalue weighted by molar-refractivity contribution is -0.120. The maximum absolute atomic E-state index is 13.1. The SMILES string of the molecule is CCc1nc2cc(N3CCC[C@H](C(=O)Nc4ccc(OC)cc4OC)C3)cnc2nc1CC. The normalized spacial score (nSPS) is 16.0. The molecule has 3 heterocycles. The molecule has 1 saturated heterocycles. The van der Waals surface area contributed by atoms with Crippen molar-refractivity contribution >= 4 is 28.4 Å². The number of hydrogen-bond acceptors (Lipinski definition) is 7. The van der Waals surface area contributed by atoms with E-state index in [1.807, 2.05) is 18.3 Å². The molecule has 1 fully saturated rings. The topological polar surface area (TPSA) is 89.5 Å². The summed E-state index contributed by atoms with van der Waals surface area (Å²) in [6.45, 7) is 5.68. The average Bonchev–Trinajstić information content (AvgIpc) is 2.87. The highest BCUT2D eigenvalue weighted by molar-refractivity contribution is 5.94. The molecule has 0 aliphatic carbocycles. The summed E-state index contributed by atoms with van der Waals surface area (Å²) in [6, 6.07) is 7.42. The van der Waals surface area contributed by atoms with Crippen LogP contribution >= 0.6 is 0 Å². The van der Waals surface area contributed by atoms with E-state index in [4.69, 9.17) is 19.4 Å². The highest BCUT2D eigenvalue weighted by Crippen LogP contribution is 2.31. The van der Waals surface area contributed by atoms with E-state index in [2.05, 4.69) is 29.0 Å². The summed E-state index contributed by atoms with van der Waals surface area (Å²) in [5.74, 6) is 1.10. The molecule has 2 aromatic heterocycles. The minimum absolute atomic E-state index is 0.0161. The number of piperidine rings is 1. The molecule has 0 unspecified atom stereocenters. The molecule has 8 nitrogen and oxygen atoms in total. The first kappa shape index (κ1) is 22.8. The van der Waals surface area contributed by atoms with Crippen LogP contribution < -0.4 is 19.7 Å². The third kappa shape index (κ3) is 4.84. The summed E-state index contributed by atoms with van der Waals surface area (Å²) in [5, 5.41) is 3.03. The van der Waals surface area contributed by atoms with E-state index in [-0.39, 0.29) is 11.8 Å². The standard InChI is InChI=1S/C25H31N5O3/c1-5-19-20(6-2)28-24-22(27-19)12-17(14-26-24)30-11-7-8-16(15-30)25(31)29-21-10-9-18(32-3)13-23(21)33-4/h9-10,12-14,16H,5-8,11,15H2,1-4H3,(H,29,31)/t16-/m0/s1. The van der Waals surface area contributed by atoms with E-state index in [0.29, 0.717) is 29.4 Å². The van der Waals surface area contributed by atoms with Crippen LogP contribution in [0.5, 0.6) is 11.5 Å². The number of rotatable bonds is 7. The number of anilines is 2. The Bertz CT molecular complexity index is 1150. The van der Waals surface area contributed by atoms with Crippen molar-refractivity contribution in [3.05, 3.63) is 41.9 Å². The summed E-state index contributed by atoms with van der Waals surface area (Å²) >= 11 is 0. The van der Waals surface area contributed by atoms with Gasteiger partial charge in [0.15, 0.2) is 5.65 Å². The number of aryl methyl sites for hydroxylation is 2. The van der Waals surface area contributed by atoms with Gasteiger partial charge in [-0.1, -0.05) is 13.8 Å². The van der Waals surface area contributed by atoms with Crippen molar-refractivity contribution in [2.45, 2.75) is 39.5 Å². The van der Waals surface area contributed by atoms with Gasteiger partial charge < -0.3 is 19.7 Å². The number of ether oxygens (including phenoxy) is 2. The number of carbonyl (C=O) groups excluding carboxylic acids is 1. The number of amides is 1. The first-order chi connectivity index (χ1) is 16.1. The molecule has 174 valence electrons. The number of nitrogens with zero attached hydrogens (tertiary/aromatic N) is 4. The Labute approximate surface area is 194 Å². The van der Waals surface area contributed by atoms with Gasteiger partial charge in [-0.05, 0) is 43.9 Å². The van der Waals surface area contributed by atoms with E-state index < -0.39 is 0 Å². The van der Waals surface area contributed by atoms with Gasteiger partial charge in [-0.15, -0.1) is 0 Å². The van der Waals surface area contributed by atoms with Crippen molar-refractivity contribution in [2.75, 3.05) is 37.5 Å². The highest BCUT2D eigenvalue weighted by Gasteiger charge is 2.27. The van der Waals surface area contributed by atoms with Crippen LogP contribution in [0.3, 0.4) is 0 Å². The summed E-state index contributed by atoms with van der Waals surface area (Å²) < 4.78 is 10.7. The molecule has 0 spiro atoms. The fraction of sp³-hybridized carbons (Fsp3) is 0.440. The van der Waals surface area contributed by atoms with Gasteiger partial charge in [0, 0.05) is 19.2 Å². The van der Waals surface area contributed by atoms with Crippen molar-refractivity contribution in [3.63, 3.8) is 0 Å². The molecule has 1 atom stereocenters. The number of hydrogen-bond donors (Lipinski definition) is 1. The lowest BCUT2D eigenvalue weighted by Gasteiger charge is -2.33. The molecule has 1 N–H and O–H groups in total. The van der Waals surface area contributed by atoms with E-state index in [9.17, 15) is 4.79 Å². The molecule has 8 heteroatoms. The minimum atomic E-state index is -0.138. The van der Waals surface area contributed by atoms with Crippen molar-refractivity contribution < 1.29 is 14.3 Å². The molecule has 1 amide bonds. The zero-order chi connectivity index (χ0) is 23.4. The Hall–Kier alpha value is -3.42. The van der Waals surface area contributed by atoms with E-state index in [1.165, 1.54) is 0 Å². The van der Waals surface area contributed by atoms with Crippen LogP contribution in [-0.2, 0) is 17.6 Å².